The molecule has 0 bridgehead atoms. The number of hydrogen-bond acceptors (Lipinski definition) is 4. The van der Waals surface area contributed by atoms with Crippen LogP contribution in [0.1, 0.15) is 77.8 Å². The van der Waals surface area contributed by atoms with Crippen LogP contribution >= 0.6 is 0 Å². The van der Waals surface area contributed by atoms with Gasteiger partial charge in [0.25, 0.3) is 0 Å². The molecule has 0 radical (unpaired) electrons. The summed E-state index contributed by atoms with van der Waals surface area (Å²) in [4.78, 5) is 24.8. The van der Waals surface area contributed by atoms with Crippen molar-refractivity contribution in [2.45, 2.75) is 103 Å². The van der Waals surface area contributed by atoms with E-state index in [4.69, 9.17) is 9.16 Å². The Morgan fingerprint density at radius 3 is 2.29 bits per heavy atom. The zero-order valence-electron chi connectivity index (χ0n) is 23.7. The maximum Gasteiger partial charge on any atom is 0.416 e. The van der Waals surface area contributed by atoms with E-state index in [0.717, 1.165) is 12.1 Å². The van der Waals surface area contributed by atoms with E-state index >= 15 is 0 Å². The third-order valence-corrected chi connectivity index (χ3v) is 11.9. The smallest absolute Gasteiger partial charge is 0.416 e. The maximum atomic E-state index is 13.1. The number of benzene rings is 1. The number of rotatable bonds is 11. The van der Waals surface area contributed by atoms with Gasteiger partial charge in [-0.05, 0) is 68.9 Å². The predicted molar refractivity (Wildman–Crippen MR) is 148 cm³/mol. The van der Waals surface area contributed by atoms with Crippen molar-refractivity contribution in [3.05, 3.63) is 53.6 Å². The highest BCUT2D eigenvalue weighted by atomic mass is 28.4. The van der Waals surface area contributed by atoms with Gasteiger partial charge in [-0.2, -0.15) is 13.2 Å². The van der Waals surface area contributed by atoms with Crippen molar-refractivity contribution in [3.63, 3.8) is 0 Å². The summed E-state index contributed by atoms with van der Waals surface area (Å²) in [7, 11) is -2.15. The van der Waals surface area contributed by atoms with Crippen LogP contribution in [-0.2, 0) is 24.9 Å². The molecule has 0 heterocycles. The lowest BCUT2D eigenvalue weighted by molar-refractivity contribution is -0.147. The summed E-state index contributed by atoms with van der Waals surface area (Å²) in [5.74, 6) is -0.512. The number of carbonyl (C=O) groups excluding carboxylic acids is 2. The van der Waals surface area contributed by atoms with E-state index in [1.54, 1.807) is 6.08 Å². The largest absolute Gasteiger partial charge is 0.463 e. The number of allylic oxidation sites excluding steroid dienone is 2. The molecular formula is C30H43F3O4Si. The number of esters is 1. The maximum absolute atomic E-state index is 13.1. The van der Waals surface area contributed by atoms with Gasteiger partial charge < -0.3 is 9.16 Å². The molecule has 4 nitrogen and oxygen atoms in total. The Kier molecular flexibility index (Phi) is 11.2. The first kappa shape index (κ1) is 32.0. The van der Waals surface area contributed by atoms with Gasteiger partial charge in [0, 0.05) is 24.7 Å². The van der Waals surface area contributed by atoms with Crippen molar-refractivity contribution in [3.8, 4) is 0 Å². The highest BCUT2D eigenvalue weighted by Gasteiger charge is 2.46. The molecule has 0 N–H and O–H groups in total. The van der Waals surface area contributed by atoms with Gasteiger partial charge in [-0.25, -0.2) is 0 Å². The van der Waals surface area contributed by atoms with Crippen LogP contribution in [0, 0.1) is 11.8 Å². The number of ketones is 1. The molecule has 1 aliphatic carbocycles. The molecular weight excluding hydrogens is 509 g/mol. The topological polar surface area (TPSA) is 52.6 Å². The summed E-state index contributed by atoms with van der Waals surface area (Å²) >= 11 is 0. The van der Waals surface area contributed by atoms with Crippen LogP contribution in [0.15, 0.2) is 42.5 Å². The second-order valence-electron chi connectivity index (χ2n) is 11.9. The van der Waals surface area contributed by atoms with Crippen LogP contribution in [0.25, 0.3) is 6.08 Å². The lowest BCUT2D eigenvalue weighted by Crippen LogP contribution is -2.45. The lowest BCUT2D eigenvalue weighted by Gasteiger charge is -2.39. The summed E-state index contributed by atoms with van der Waals surface area (Å²) in [5.41, 5.74) is -0.0451. The number of unbranched alkanes of at least 4 members (excludes halogenated alkanes) is 1. The Morgan fingerprint density at radius 2 is 1.74 bits per heavy atom. The van der Waals surface area contributed by atoms with Gasteiger partial charge in [-0.1, -0.05) is 57.2 Å². The fourth-order valence-electron chi connectivity index (χ4n) is 4.23. The Bertz CT molecular complexity index is 988. The number of ether oxygens (including phenoxy) is 1. The normalized spacial score (nSPS) is 21.2. The van der Waals surface area contributed by atoms with E-state index in [2.05, 4.69) is 33.9 Å². The van der Waals surface area contributed by atoms with E-state index in [1.165, 1.54) is 12.1 Å². The number of carbonyl (C=O) groups is 2. The van der Waals surface area contributed by atoms with Gasteiger partial charge in [-0.15, -0.1) is 0 Å². The minimum Gasteiger partial charge on any atom is -0.463 e. The van der Waals surface area contributed by atoms with Gasteiger partial charge in [0.2, 0.25) is 0 Å². The number of hydrogen-bond donors (Lipinski definition) is 0. The van der Waals surface area contributed by atoms with Gasteiger partial charge in [0.15, 0.2) is 8.32 Å². The molecule has 8 heteroatoms. The van der Waals surface area contributed by atoms with E-state index in [0.29, 0.717) is 37.7 Å². The van der Waals surface area contributed by atoms with Gasteiger partial charge in [0.1, 0.15) is 5.78 Å². The van der Waals surface area contributed by atoms with E-state index in [1.807, 2.05) is 32.1 Å². The SMILES string of the molecule is CC(C)OC(=O)CCCC=CC[C@H]1C(=O)C[C@@H](O[Si](C)(C)C(C)(C)C)[C@H]1C=Cc1ccc(C(F)(F)F)cc1. The molecule has 212 valence electrons. The first-order chi connectivity index (χ1) is 17.5. The minimum atomic E-state index is -4.38. The van der Waals surface area contributed by atoms with Crippen LogP contribution < -0.4 is 0 Å². The van der Waals surface area contributed by atoms with Crippen molar-refractivity contribution >= 4 is 26.1 Å². The molecule has 3 atom stereocenters. The molecule has 1 aromatic carbocycles. The molecule has 0 saturated heterocycles. The number of alkyl halides is 3. The third-order valence-electron chi connectivity index (χ3n) is 7.39. The summed E-state index contributed by atoms with van der Waals surface area (Å²) in [5, 5.41) is -0.0214. The van der Waals surface area contributed by atoms with Crippen LogP contribution in [0.4, 0.5) is 13.2 Å². The monoisotopic (exact) mass is 552 g/mol. The van der Waals surface area contributed by atoms with Crippen LogP contribution in [0.5, 0.6) is 0 Å². The van der Waals surface area contributed by atoms with Gasteiger partial charge in [-0.3, -0.25) is 9.59 Å². The highest BCUT2D eigenvalue weighted by molar-refractivity contribution is 6.74. The van der Waals surface area contributed by atoms with Gasteiger partial charge >= 0.3 is 12.1 Å². The third kappa shape index (κ3) is 9.52. The molecule has 0 aliphatic heterocycles. The highest BCUT2D eigenvalue weighted by Crippen LogP contribution is 2.43. The Labute approximate surface area is 226 Å². The first-order valence-electron chi connectivity index (χ1n) is 13.4. The predicted octanol–water partition coefficient (Wildman–Crippen LogP) is 8.38. The van der Waals surface area contributed by atoms with Crippen molar-refractivity contribution in [1.82, 2.24) is 0 Å². The fraction of sp³-hybridized carbons (Fsp3) is 0.600. The molecule has 38 heavy (non-hydrogen) atoms. The molecule has 1 fully saturated rings. The zero-order valence-corrected chi connectivity index (χ0v) is 24.7. The molecule has 0 aromatic heterocycles. The number of Topliss-reactive ketones (excluding diaryl/α,β-unsaturated/α-hetero) is 1. The van der Waals surface area contributed by atoms with E-state index in [9.17, 15) is 22.8 Å². The van der Waals surface area contributed by atoms with Crippen molar-refractivity contribution in [2.75, 3.05) is 0 Å². The van der Waals surface area contributed by atoms with Crippen molar-refractivity contribution < 1.29 is 31.9 Å². The van der Waals surface area contributed by atoms with Crippen molar-refractivity contribution in [1.29, 1.82) is 0 Å². The van der Waals surface area contributed by atoms with Crippen LogP contribution in [-0.4, -0.2) is 32.3 Å². The minimum absolute atomic E-state index is 0.0214. The Balaban J connectivity index is 2.15. The quantitative estimate of drug-likeness (QED) is 0.120. The zero-order chi connectivity index (χ0) is 28.7. The fourth-order valence-corrected chi connectivity index (χ4v) is 5.58. The van der Waals surface area contributed by atoms with Gasteiger partial charge in [0.05, 0.1) is 17.8 Å². The van der Waals surface area contributed by atoms with Crippen molar-refractivity contribution in [2.24, 2.45) is 11.8 Å². The van der Waals surface area contributed by atoms with Crippen LogP contribution in [0.2, 0.25) is 18.1 Å². The van der Waals surface area contributed by atoms with E-state index < -0.39 is 20.1 Å². The molecule has 1 saturated carbocycles. The van der Waals surface area contributed by atoms with Crippen LogP contribution in [0.3, 0.4) is 0 Å². The molecule has 1 aromatic rings. The summed E-state index contributed by atoms with van der Waals surface area (Å²) in [6.07, 6.45) is 5.56. The first-order valence-corrected chi connectivity index (χ1v) is 16.3. The molecule has 0 amide bonds. The summed E-state index contributed by atoms with van der Waals surface area (Å²) in [6, 6.07) is 5.03. The lowest BCUT2D eigenvalue weighted by atomic mass is 9.90. The Hall–Kier alpha value is -2.19. The number of halogens is 3. The second kappa shape index (κ2) is 13.2. The molecule has 0 spiro atoms. The van der Waals surface area contributed by atoms with E-state index in [-0.39, 0.29) is 40.8 Å². The molecule has 2 rings (SSSR count). The average molecular weight is 553 g/mol. The standard InChI is InChI=1S/C30H43F3O4Si/c1-21(2)36-28(35)13-11-9-8-10-12-24-25(19-16-22-14-17-23(18-15-22)30(31,32)33)27(20-26(24)34)37-38(6,7)29(3,4)5/h8,10,14-19,21,24-25,27H,9,11-13,20H2,1-7H3/t24-,25+,27-/m1/s1. The molecule has 0 unspecified atom stereocenters. The summed E-state index contributed by atoms with van der Waals surface area (Å²) in [6.45, 7) is 14.4. The molecule has 1 aliphatic rings. The summed E-state index contributed by atoms with van der Waals surface area (Å²) < 4.78 is 50.6. The second-order valence-corrected chi connectivity index (χ2v) is 16.6. The Morgan fingerprint density at radius 1 is 1.11 bits per heavy atom. The average Bonchev–Trinajstić information content (AvgIpc) is 3.06.